The Bertz CT molecular complexity index is 566. The van der Waals surface area contributed by atoms with Crippen LogP contribution in [0.2, 0.25) is 0 Å². The molecule has 0 spiro atoms. The van der Waals surface area contributed by atoms with Gasteiger partial charge in [0, 0.05) is 31.7 Å². The first-order valence-electron chi connectivity index (χ1n) is 8.58. The van der Waals surface area contributed by atoms with Crippen molar-refractivity contribution < 1.29 is 9.53 Å². The van der Waals surface area contributed by atoms with Crippen molar-refractivity contribution in [2.45, 2.75) is 38.1 Å². The Morgan fingerprint density at radius 3 is 2.73 bits per heavy atom. The van der Waals surface area contributed by atoms with E-state index in [-0.39, 0.29) is 0 Å². The van der Waals surface area contributed by atoms with Crippen molar-refractivity contribution in [2.75, 3.05) is 37.7 Å². The van der Waals surface area contributed by atoms with Crippen molar-refractivity contribution >= 4 is 11.6 Å². The molecule has 2 aliphatic heterocycles. The number of rotatable bonds is 2. The maximum absolute atomic E-state index is 12.3. The van der Waals surface area contributed by atoms with E-state index in [1.807, 2.05) is 0 Å². The number of carbonyl (C=O) groups excluding carboxylic acids is 1. The highest BCUT2D eigenvalue weighted by Gasteiger charge is 2.34. The molecule has 1 aliphatic carbocycles. The zero-order valence-corrected chi connectivity index (χ0v) is 13.1. The third-order valence-electron chi connectivity index (χ3n) is 5.30. The molecule has 1 aromatic rings. The van der Waals surface area contributed by atoms with E-state index in [1.165, 1.54) is 16.8 Å². The van der Waals surface area contributed by atoms with Crippen LogP contribution in [-0.4, -0.2) is 43.7 Å². The van der Waals surface area contributed by atoms with Crippen molar-refractivity contribution in [2.24, 2.45) is 0 Å². The molecule has 4 heteroatoms. The van der Waals surface area contributed by atoms with Crippen LogP contribution in [0.15, 0.2) is 18.2 Å². The van der Waals surface area contributed by atoms with Crippen molar-refractivity contribution in [1.82, 2.24) is 4.90 Å². The largest absolute Gasteiger partial charge is 0.378 e. The summed E-state index contributed by atoms with van der Waals surface area (Å²) in [6.45, 7) is 4.52. The Hall–Kier alpha value is -1.55. The van der Waals surface area contributed by atoms with E-state index in [4.69, 9.17) is 4.74 Å². The number of morpholine rings is 1. The van der Waals surface area contributed by atoms with Crippen LogP contribution in [0, 0.1) is 0 Å². The number of fused-ring (bicyclic) bond motifs is 1. The molecule has 0 saturated carbocycles. The molecule has 1 amide bonds. The number of hydrogen-bond donors (Lipinski definition) is 0. The second-order valence-electron chi connectivity index (χ2n) is 6.54. The van der Waals surface area contributed by atoms with Crippen LogP contribution in [-0.2, 0) is 16.0 Å². The fourth-order valence-corrected chi connectivity index (χ4v) is 4.19. The number of likely N-dealkylation sites (tertiary alicyclic amines) is 1. The maximum atomic E-state index is 12.3. The van der Waals surface area contributed by atoms with E-state index in [2.05, 4.69) is 28.0 Å². The lowest BCUT2D eigenvalue weighted by molar-refractivity contribution is -0.135. The number of amides is 1. The van der Waals surface area contributed by atoms with Gasteiger partial charge in [0.2, 0.25) is 5.91 Å². The summed E-state index contributed by atoms with van der Waals surface area (Å²) >= 11 is 0. The summed E-state index contributed by atoms with van der Waals surface area (Å²) in [6.07, 6.45) is 5.12. The molecule has 0 radical (unpaired) electrons. The molecule has 1 aromatic carbocycles. The van der Waals surface area contributed by atoms with Crippen LogP contribution in [0.1, 0.15) is 42.9 Å². The minimum absolute atomic E-state index is 0.309. The van der Waals surface area contributed by atoms with Gasteiger partial charge in [-0.2, -0.15) is 0 Å². The number of benzene rings is 1. The Morgan fingerprint density at radius 1 is 1.05 bits per heavy atom. The minimum Gasteiger partial charge on any atom is -0.378 e. The second kappa shape index (κ2) is 5.92. The first kappa shape index (κ1) is 14.1. The van der Waals surface area contributed by atoms with Gasteiger partial charge < -0.3 is 14.5 Å². The summed E-state index contributed by atoms with van der Waals surface area (Å²) in [7, 11) is 0. The van der Waals surface area contributed by atoms with Crippen LogP contribution >= 0.6 is 0 Å². The predicted octanol–water partition coefficient (Wildman–Crippen LogP) is 2.52. The lowest BCUT2D eigenvalue weighted by Crippen LogP contribution is -2.38. The van der Waals surface area contributed by atoms with E-state index in [0.29, 0.717) is 11.9 Å². The second-order valence-corrected chi connectivity index (χ2v) is 6.54. The van der Waals surface area contributed by atoms with Crippen LogP contribution < -0.4 is 4.90 Å². The average molecular weight is 300 g/mol. The van der Waals surface area contributed by atoms with Gasteiger partial charge in [0.15, 0.2) is 0 Å². The molecule has 0 aromatic heterocycles. The molecule has 4 rings (SSSR count). The van der Waals surface area contributed by atoms with Gasteiger partial charge in [-0.05, 0) is 42.9 Å². The van der Waals surface area contributed by atoms with Gasteiger partial charge in [0.1, 0.15) is 0 Å². The standard InChI is InChI=1S/C18H24N2O2/c21-18-6-1-2-9-20(18)17-8-7-15-14(17)4-3-5-16(15)19-10-12-22-13-11-19/h3-5,17H,1-2,6-13H2/t17-/m0/s1. The first-order chi connectivity index (χ1) is 10.8. The normalized spacial score (nSPS) is 25.5. The summed E-state index contributed by atoms with van der Waals surface area (Å²) in [5.41, 5.74) is 4.22. The molecule has 4 nitrogen and oxygen atoms in total. The fraction of sp³-hybridized carbons (Fsp3) is 0.611. The molecule has 1 atom stereocenters. The SMILES string of the molecule is O=C1CCCCN1[C@H]1CCc2c1cccc2N1CCOCC1. The van der Waals surface area contributed by atoms with E-state index in [9.17, 15) is 4.79 Å². The van der Waals surface area contributed by atoms with E-state index >= 15 is 0 Å². The molecular weight excluding hydrogens is 276 g/mol. The predicted molar refractivity (Wildman–Crippen MR) is 86.1 cm³/mol. The molecule has 3 aliphatic rings. The lowest BCUT2D eigenvalue weighted by Gasteiger charge is -2.34. The van der Waals surface area contributed by atoms with E-state index in [0.717, 1.165) is 65.0 Å². The summed E-state index contributed by atoms with van der Waals surface area (Å²) in [4.78, 5) is 16.9. The highest BCUT2D eigenvalue weighted by atomic mass is 16.5. The smallest absolute Gasteiger partial charge is 0.223 e. The topological polar surface area (TPSA) is 32.8 Å². The van der Waals surface area contributed by atoms with Crippen molar-refractivity contribution in [3.05, 3.63) is 29.3 Å². The number of nitrogens with zero attached hydrogens (tertiary/aromatic N) is 2. The van der Waals surface area contributed by atoms with E-state index < -0.39 is 0 Å². The Morgan fingerprint density at radius 2 is 1.91 bits per heavy atom. The number of piperidine rings is 1. The van der Waals surface area contributed by atoms with Gasteiger partial charge >= 0.3 is 0 Å². The molecule has 2 fully saturated rings. The highest BCUT2D eigenvalue weighted by Crippen LogP contribution is 2.41. The summed E-state index contributed by atoms with van der Waals surface area (Å²) < 4.78 is 5.48. The van der Waals surface area contributed by atoms with Crippen molar-refractivity contribution in [1.29, 1.82) is 0 Å². The van der Waals surface area contributed by atoms with Gasteiger partial charge in [-0.3, -0.25) is 4.79 Å². The Balaban J connectivity index is 1.63. The third-order valence-corrected chi connectivity index (χ3v) is 5.30. The van der Waals surface area contributed by atoms with Crippen LogP contribution in [0.4, 0.5) is 5.69 Å². The minimum atomic E-state index is 0.309. The molecule has 2 heterocycles. The molecule has 0 unspecified atom stereocenters. The molecule has 0 bridgehead atoms. The van der Waals surface area contributed by atoms with Gasteiger partial charge in [-0.25, -0.2) is 0 Å². The molecule has 118 valence electrons. The number of ether oxygens (including phenoxy) is 1. The number of hydrogen-bond acceptors (Lipinski definition) is 3. The number of carbonyl (C=O) groups is 1. The Kier molecular flexibility index (Phi) is 3.78. The molecule has 0 N–H and O–H groups in total. The number of anilines is 1. The zero-order chi connectivity index (χ0) is 14.9. The van der Waals surface area contributed by atoms with Gasteiger partial charge in [0.05, 0.1) is 19.3 Å². The zero-order valence-electron chi connectivity index (χ0n) is 13.1. The summed E-state index contributed by atoms with van der Waals surface area (Å²) in [6, 6.07) is 6.95. The van der Waals surface area contributed by atoms with E-state index in [1.54, 1.807) is 0 Å². The molecule has 22 heavy (non-hydrogen) atoms. The third kappa shape index (κ3) is 2.39. The highest BCUT2D eigenvalue weighted by molar-refractivity contribution is 5.78. The summed E-state index contributed by atoms with van der Waals surface area (Å²) in [5.74, 6) is 0.348. The molecule has 2 saturated heterocycles. The first-order valence-corrected chi connectivity index (χ1v) is 8.58. The van der Waals surface area contributed by atoms with Gasteiger partial charge in [-0.1, -0.05) is 12.1 Å². The average Bonchev–Trinajstić information content (AvgIpc) is 3.00. The maximum Gasteiger partial charge on any atom is 0.223 e. The van der Waals surface area contributed by atoms with Crippen LogP contribution in [0.25, 0.3) is 0 Å². The lowest BCUT2D eigenvalue weighted by atomic mass is 10.0. The quantitative estimate of drug-likeness (QED) is 0.841. The van der Waals surface area contributed by atoms with Crippen molar-refractivity contribution in [3.8, 4) is 0 Å². The van der Waals surface area contributed by atoms with Gasteiger partial charge in [-0.15, -0.1) is 0 Å². The van der Waals surface area contributed by atoms with Gasteiger partial charge in [0.25, 0.3) is 0 Å². The summed E-state index contributed by atoms with van der Waals surface area (Å²) in [5, 5.41) is 0. The van der Waals surface area contributed by atoms with Crippen LogP contribution in [0.5, 0.6) is 0 Å². The Labute approximate surface area is 132 Å². The monoisotopic (exact) mass is 300 g/mol. The fourth-order valence-electron chi connectivity index (χ4n) is 4.19. The van der Waals surface area contributed by atoms with Crippen LogP contribution in [0.3, 0.4) is 0 Å². The molecular formula is C18H24N2O2. The van der Waals surface area contributed by atoms with Crippen molar-refractivity contribution in [3.63, 3.8) is 0 Å².